The van der Waals surface area contributed by atoms with E-state index in [-0.39, 0.29) is 34.8 Å². The predicted octanol–water partition coefficient (Wildman–Crippen LogP) is -1.11. The molecule has 0 aromatic carbocycles. The van der Waals surface area contributed by atoms with E-state index in [2.05, 4.69) is 4.98 Å². The van der Waals surface area contributed by atoms with Gasteiger partial charge in [-0.25, -0.2) is 14.1 Å². The van der Waals surface area contributed by atoms with Gasteiger partial charge in [0.1, 0.15) is 12.4 Å². The summed E-state index contributed by atoms with van der Waals surface area (Å²) in [4.78, 5) is 26.6. The van der Waals surface area contributed by atoms with Crippen molar-refractivity contribution >= 4 is 16.0 Å². The second-order valence-electron chi connectivity index (χ2n) is 5.25. The van der Waals surface area contributed by atoms with E-state index in [9.17, 15) is 18.0 Å². The molecule has 0 aliphatic rings. The zero-order chi connectivity index (χ0) is 18.1. The molecule has 1 N–H and O–H groups in total. The molecule has 2 aromatic rings. The van der Waals surface area contributed by atoms with E-state index in [1.165, 1.54) is 27.2 Å². The summed E-state index contributed by atoms with van der Waals surface area (Å²) in [5.41, 5.74) is 0.258. The number of ketones is 1. The van der Waals surface area contributed by atoms with E-state index in [0.717, 1.165) is 3.97 Å². The Labute approximate surface area is 137 Å². The number of nitrogens with zero attached hydrogens (tertiary/aromatic N) is 2. The number of aryl methyl sites for hydroxylation is 1. The third-order valence-electron chi connectivity index (χ3n) is 3.13. The first kappa shape index (κ1) is 18.1. The molecule has 24 heavy (non-hydrogen) atoms. The molecule has 0 bridgehead atoms. The Kier molecular flexibility index (Phi) is 5.06. The van der Waals surface area contributed by atoms with Gasteiger partial charge in [0.2, 0.25) is 0 Å². The molecule has 0 unspecified atom stereocenters. The molecule has 0 spiro atoms. The number of aromatic nitrogens is 2. The number of imidazole rings is 1. The summed E-state index contributed by atoms with van der Waals surface area (Å²) in [6.45, 7) is 2.66. The number of hydrogen-bond acceptors (Lipinski definition) is 8. The number of rotatable bonds is 7. The van der Waals surface area contributed by atoms with Crippen molar-refractivity contribution in [2.24, 2.45) is 0 Å². The molecule has 2 aromatic heterocycles. The second kappa shape index (κ2) is 6.71. The fourth-order valence-electron chi connectivity index (χ4n) is 1.85. The van der Waals surface area contributed by atoms with Gasteiger partial charge in [-0.15, -0.1) is 0 Å². The zero-order valence-electron chi connectivity index (χ0n) is 13.7. The molecule has 0 saturated carbocycles. The van der Waals surface area contributed by atoms with E-state index < -0.39 is 21.8 Å². The van der Waals surface area contributed by atoms with Gasteiger partial charge in [-0.1, -0.05) is 0 Å². The van der Waals surface area contributed by atoms with Gasteiger partial charge < -0.3 is 13.6 Å². The van der Waals surface area contributed by atoms with Crippen LogP contribution in [0.2, 0.25) is 0 Å². The number of carbonyl (C=O) groups is 1. The molecule has 0 fully saturated rings. The molecule has 2 heterocycles. The van der Waals surface area contributed by atoms with Crippen molar-refractivity contribution < 1.29 is 31.1 Å². The van der Waals surface area contributed by atoms with Crippen LogP contribution in [0.4, 0.5) is 0 Å². The van der Waals surface area contributed by atoms with Crippen LogP contribution in [0.1, 0.15) is 34.8 Å². The van der Waals surface area contributed by atoms with Gasteiger partial charge >= 0.3 is 16.0 Å². The van der Waals surface area contributed by atoms with Crippen LogP contribution in [0.3, 0.4) is 0 Å². The lowest BCUT2D eigenvalue weighted by atomic mass is 10.4. The molecule has 10 nitrogen and oxygen atoms in total. The van der Waals surface area contributed by atoms with Gasteiger partial charge in [0.25, 0.3) is 0 Å². The highest BCUT2D eigenvalue weighted by molar-refractivity contribution is 7.83. The number of carbonyl (C=O) groups excluding carboxylic acids is 1. The lowest BCUT2D eigenvalue weighted by Crippen LogP contribution is -3.08. The van der Waals surface area contributed by atoms with Crippen LogP contribution in [0, 0.1) is 6.92 Å². The van der Waals surface area contributed by atoms with Gasteiger partial charge in [0.05, 0.1) is 32.6 Å². The van der Waals surface area contributed by atoms with Crippen molar-refractivity contribution in [3.05, 3.63) is 39.9 Å². The maximum absolute atomic E-state index is 12.2. The standard InChI is InChI=1S/C13H17N3O7S/c1-8(17)12-14-10(5-16(12)24(19,20)15(3)4)6-21-7-11-9(2)22-13(18)23-11/h5H,6-7H2,1-4H3/p+1. The summed E-state index contributed by atoms with van der Waals surface area (Å²) in [5.74, 6) is -0.969. The molecule has 0 amide bonds. The van der Waals surface area contributed by atoms with Crippen molar-refractivity contribution in [2.75, 3.05) is 14.1 Å². The van der Waals surface area contributed by atoms with Crippen molar-refractivity contribution in [1.82, 2.24) is 8.96 Å². The number of ether oxygens (including phenoxy) is 1. The number of quaternary nitrogens is 1. The van der Waals surface area contributed by atoms with Crippen LogP contribution in [0.25, 0.3) is 0 Å². The summed E-state index contributed by atoms with van der Waals surface area (Å²) in [6.07, 6.45) is 1.23. The fourth-order valence-corrected chi connectivity index (χ4v) is 2.90. The average Bonchev–Trinajstić information content (AvgIpc) is 3.03. The van der Waals surface area contributed by atoms with Gasteiger partial charge in [-0.3, -0.25) is 4.79 Å². The normalized spacial score (nSPS) is 12.0. The van der Waals surface area contributed by atoms with Crippen molar-refractivity contribution in [3.8, 4) is 0 Å². The van der Waals surface area contributed by atoms with Crippen LogP contribution in [-0.4, -0.2) is 37.3 Å². The Morgan fingerprint density at radius 1 is 1.33 bits per heavy atom. The van der Waals surface area contributed by atoms with Gasteiger partial charge in [-0.2, -0.15) is 12.4 Å². The van der Waals surface area contributed by atoms with Gasteiger partial charge in [0.15, 0.2) is 17.4 Å². The third kappa shape index (κ3) is 3.63. The van der Waals surface area contributed by atoms with Gasteiger partial charge in [-0.05, 0) is 6.92 Å². The first-order valence-corrected chi connectivity index (χ1v) is 8.39. The maximum atomic E-state index is 12.2. The Hall–Kier alpha value is -2.24. The van der Waals surface area contributed by atoms with E-state index in [4.69, 9.17) is 13.6 Å². The third-order valence-corrected chi connectivity index (χ3v) is 4.96. The van der Waals surface area contributed by atoms with Crippen LogP contribution in [0.5, 0.6) is 0 Å². The maximum Gasteiger partial charge on any atom is 0.519 e. The highest BCUT2D eigenvalue weighted by Crippen LogP contribution is 2.11. The Balaban J connectivity index is 2.18. The molecule has 0 saturated heterocycles. The predicted molar refractivity (Wildman–Crippen MR) is 79.8 cm³/mol. The molecular formula is C13H18N3O7S+. The lowest BCUT2D eigenvalue weighted by molar-refractivity contribution is -0.718. The highest BCUT2D eigenvalue weighted by atomic mass is 32.2. The minimum absolute atomic E-state index is 0.0501. The second-order valence-corrected chi connectivity index (χ2v) is 7.41. The summed E-state index contributed by atoms with van der Waals surface area (Å²) in [7, 11) is -0.933. The topological polar surface area (TPSA) is 126 Å². The summed E-state index contributed by atoms with van der Waals surface area (Å²) in [5, 5.41) is 0. The Morgan fingerprint density at radius 2 is 2.00 bits per heavy atom. The first-order valence-electron chi connectivity index (χ1n) is 6.95. The molecule has 0 aliphatic carbocycles. The number of hydrogen-bond donors (Lipinski definition) is 1. The number of Topliss-reactive ketones (excluding diaryl/α,β-unsaturated/α-hetero) is 1. The smallest absolute Gasteiger partial charge is 0.396 e. The molecule has 0 radical (unpaired) electrons. The zero-order valence-corrected chi connectivity index (χ0v) is 14.5. The fraction of sp³-hybridized carbons (Fsp3) is 0.462. The van der Waals surface area contributed by atoms with Gasteiger partial charge in [0, 0.05) is 6.92 Å². The number of nitrogens with one attached hydrogen (secondary N) is 1. The van der Waals surface area contributed by atoms with Crippen LogP contribution in [-0.2, 0) is 28.2 Å². The van der Waals surface area contributed by atoms with Crippen molar-refractivity contribution in [2.45, 2.75) is 27.1 Å². The monoisotopic (exact) mass is 360 g/mol. The molecule has 11 heteroatoms. The SMILES string of the molecule is CC(=O)c1nc(COCc2oc(=O)oc2C)cn1S(=O)(=O)[NH+](C)C. The quantitative estimate of drug-likeness (QED) is 0.616. The summed E-state index contributed by atoms with van der Waals surface area (Å²) >= 11 is 0. The van der Waals surface area contributed by atoms with E-state index in [0.29, 0.717) is 5.76 Å². The summed E-state index contributed by atoms with van der Waals surface area (Å²) in [6, 6.07) is 0. The van der Waals surface area contributed by atoms with E-state index >= 15 is 0 Å². The highest BCUT2D eigenvalue weighted by Gasteiger charge is 2.27. The average molecular weight is 360 g/mol. The minimum Gasteiger partial charge on any atom is -0.396 e. The molecule has 0 atom stereocenters. The molecule has 132 valence electrons. The Morgan fingerprint density at radius 3 is 2.50 bits per heavy atom. The Bertz CT molecular complexity index is 904. The molecule has 0 aliphatic heterocycles. The molecular weight excluding hydrogens is 342 g/mol. The van der Waals surface area contributed by atoms with Crippen molar-refractivity contribution in [3.63, 3.8) is 0 Å². The van der Waals surface area contributed by atoms with Crippen LogP contribution in [0.15, 0.2) is 19.8 Å². The van der Waals surface area contributed by atoms with Crippen molar-refractivity contribution in [1.29, 1.82) is 0 Å². The summed E-state index contributed by atoms with van der Waals surface area (Å²) < 4.78 is 40.3. The lowest BCUT2D eigenvalue weighted by Gasteiger charge is -2.09. The first-order chi connectivity index (χ1) is 11.1. The minimum atomic E-state index is -3.79. The largest absolute Gasteiger partial charge is 0.519 e. The molecule has 2 rings (SSSR count). The van der Waals surface area contributed by atoms with E-state index in [1.807, 2.05) is 0 Å². The van der Waals surface area contributed by atoms with E-state index in [1.54, 1.807) is 6.92 Å². The van der Waals surface area contributed by atoms with Crippen LogP contribution < -0.4 is 10.1 Å². The van der Waals surface area contributed by atoms with Crippen LogP contribution >= 0.6 is 0 Å².